The van der Waals surface area contributed by atoms with Crippen molar-refractivity contribution in [3.8, 4) is 44.9 Å². The number of anilines is 3. The zero-order valence-electron chi connectivity index (χ0n) is 43.1. The van der Waals surface area contributed by atoms with Crippen LogP contribution in [0.2, 0.25) is 0 Å². The second kappa shape index (κ2) is 17.8. The first-order chi connectivity index (χ1) is 35.3. The van der Waals surface area contributed by atoms with Crippen molar-refractivity contribution in [1.82, 2.24) is 0 Å². The Morgan fingerprint density at radius 3 is 1.52 bits per heavy atom. The van der Waals surface area contributed by atoms with E-state index in [2.05, 4.69) is 195 Å². The first-order valence-corrected chi connectivity index (χ1v) is 25.5. The fourth-order valence-corrected chi connectivity index (χ4v) is 12.8. The molecule has 0 bridgehead atoms. The van der Waals surface area contributed by atoms with Crippen molar-refractivity contribution in [2.45, 2.75) is 62.3 Å². The molecule has 0 unspecified atom stereocenters. The number of fused-ring (bicyclic) bond motifs is 6. The van der Waals surface area contributed by atoms with E-state index < -0.39 is 0 Å². The number of hydrogen-bond acceptors (Lipinski definition) is 2. The SMILES string of the molecule is Cc1cc(C)c(B(c2c(C)cc(C)cc2C)c2cc3c4cccc5c4c(cc3c3ccccc23)-c2ccc(N(c3c(C)cc(C)cc3C)c3c(F)cc(-c4ccccc4)cc3-c3ccccc3)cc2O5)c(C)c1. The smallest absolute Gasteiger partial charge is 0.243 e. The van der Waals surface area contributed by atoms with Crippen molar-refractivity contribution < 1.29 is 9.13 Å². The van der Waals surface area contributed by atoms with Crippen LogP contribution in [-0.2, 0) is 0 Å². The van der Waals surface area contributed by atoms with Crippen LogP contribution in [0.4, 0.5) is 21.5 Å². The lowest BCUT2D eigenvalue weighted by Gasteiger charge is -2.32. The van der Waals surface area contributed by atoms with Gasteiger partial charge in [0.2, 0.25) is 6.71 Å². The van der Waals surface area contributed by atoms with Crippen LogP contribution in [-0.4, -0.2) is 6.71 Å². The fourth-order valence-electron chi connectivity index (χ4n) is 12.8. The summed E-state index contributed by atoms with van der Waals surface area (Å²) in [5.41, 5.74) is 22.9. The predicted molar refractivity (Wildman–Crippen MR) is 310 cm³/mol. The summed E-state index contributed by atoms with van der Waals surface area (Å²) in [5, 5.41) is 7.11. The molecular weight excluding hydrogens is 889 g/mol. The van der Waals surface area contributed by atoms with Gasteiger partial charge in [0.25, 0.3) is 0 Å². The zero-order valence-corrected chi connectivity index (χ0v) is 43.1. The summed E-state index contributed by atoms with van der Waals surface area (Å²) in [5.74, 6) is 1.22. The van der Waals surface area contributed by atoms with Crippen LogP contribution in [0.15, 0.2) is 182 Å². The van der Waals surface area contributed by atoms with Crippen LogP contribution >= 0.6 is 0 Å². The number of rotatable bonds is 8. The summed E-state index contributed by atoms with van der Waals surface area (Å²) < 4.78 is 24.9. The van der Waals surface area contributed by atoms with Gasteiger partial charge in [-0.1, -0.05) is 195 Å². The Balaban J connectivity index is 1.09. The molecule has 0 fully saturated rings. The molecule has 12 rings (SSSR count). The minimum Gasteiger partial charge on any atom is -0.456 e. The third-order valence-corrected chi connectivity index (χ3v) is 15.4. The molecular formula is C69H57BFNO. The van der Waals surface area contributed by atoms with Crippen molar-refractivity contribution in [2.75, 3.05) is 4.90 Å². The highest BCUT2D eigenvalue weighted by molar-refractivity contribution is 6.98. The Morgan fingerprint density at radius 2 is 0.904 bits per heavy atom. The Kier molecular flexibility index (Phi) is 11.2. The molecule has 0 aromatic heterocycles. The average molecular weight is 946 g/mol. The van der Waals surface area contributed by atoms with Crippen molar-refractivity contribution in [1.29, 1.82) is 0 Å². The summed E-state index contributed by atoms with van der Waals surface area (Å²) in [6, 6.07) is 64.7. The minimum absolute atomic E-state index is 0.00208. The monoisotopic (exact) mass is 945 g/mol. The van der Waals surface area contributed by atoms with Gasteiger partial charge in [-0.25, -0.2) is 4.39 Å². The number of hydrogen-bond donors (Lipinski definition) is 0. The van der Waals surface area contributed by atoms with Crippen molar-refractivity contribution in [3.63, 3.8) is 0 Å². The second-order valence-electron chi connectivity index (χ2n) is 20.7. The quantitative estimate of drug-likeness (QED) is 0.111. The summed E-state index contributed by atoms with van der Waals surface area (Å²) >= 11 is 0. The van der Waals surface area contributed by atoms with Gasteiger partial charge in [-0.05, 0) is 159 Å². The first-order valence-electron chi connectivity index (χ1n) is 25.5. The van der Waals surface area contributed by atoms with Gasteiger partial charge in [-0.3, -0.25) is 0 Å². The largest absolute Gasteiger partial charge is 0.456 e. The third kappa shape index (κ3) is 7.71. The molecule has 0 amide bonds. The number of aryl methyl sites for hydroxylation is 9. The molecule has 1 aliphatic rings. The Morgan fingerprint density at radius 1 is 0.370 bits per heavy atom. The molecule has 1 heterocycles. The molecule has 354 valence electrons. The van der Waals surface area contributed by atoms with Crippen LogP contribution in [0.25, 0.3) is 65.7 Å². The highest BCUT2D eigenvalue weighted by Gasteiger charge is 2.33. The van der Waals surface area contributed by atoms with Gasteiger partial charge in [-0.2, -0.15) is 0 Å². The molecule has 11 aromatic carbocycles. The summed E-state index contributed by atoms with van der Waals surface area (Å²) in [6.45, 7) is 19.9. The number of halogens is 1. The Bertz CT molecular complexity index is 3940. The molecule has 0 atom stereocenters. The van der Waals surface area contributed by atoms with Gasteiger partial charge in [0.15, 0.2) is 0 Å². The van der Waals surface area contributed by atoms with Crippen LogP contribution < -0.4 is 26.0 Å². The summed E-state index contributed by atoms with van der Waals surface area (Å²) in [6.07, 6.45) is 0. The lowest BCUT2D eigenvalue weighted by atomic mass is 9.33. The molecule has 1 aliphatic heterocycles. The van der Waals surface area contributed by atoms with Gasteiger partial charge in [0.05, 0.1) is 17.1 Å². The van der Waals surface area contributed by atoms with E-state index >= 15 is 4.39 Å². The molecule has 0 spiro atoms. The standard InChI is InChI=1S/C69H57BFNO/c1-40-29-43(4)66(44(5)30-40)70(67-45(6)31-41(2)32-46(67)7)61-39-59-56-25-18-26-63-65(56)60(38-58(59)53-23-16-17-24-54(53)61)55-28-27-52(37-64(55)73-63)72(68-47(8)33-42(3)34-48(68)9)69-57(50-21-14-11-15-22-50)35-51(36-62(69)71)49-19-12-10-13-20-49/h10-39H,1-9H3. The first kappa shape index (κ1) is 45.9. The normalized spacial score (nSPS) is 11.8. The zero-order chi connectivity index (χ0) is 50.4. The topological polar surface area (TPSA) is 12.5 Å². The van der Waals surface area contributed by atoms with Crippen LogP contribution in [0.1, 0.15) is 50.1 Å². The molecule has 11 aromatic rings. The molecule has 73 heavy (non-hydrogen) atoms. The molecule has 0 saturated heterocycles. The molecule has 0 N–H and O–H groups in total. The second-order valence-corrected chi connectivity index (χ2v) is 20.7. The van der Waals surface area contributed by atoms with Crippen LogP contribution in [0.3, 0.4) is 0 Å². The van der Waals surface area contributed by atoms with Gasteiger partial charge in [0.1, 0.15) is 17.3 Å². The van der Waals surface area contributed by atoms with E-state index in [4.69, 9.17) is 4.74 Å². The molecule has 0 radical (unpaired) electrons. The minimum atomic E-state index is -0.311. The maximum absolute atomic E-state index is 17.7. The van der Waals surface area contributed by atoms with Crippen molar-refractivity contribution in [2.24, 2.45) is 0 Å². The molecule has 0 saturated carbocycles. The van der Waals surface area contributed by atoms with E-state index in [1.54, 1.807) is 6.07 Å². The van der Waals surface area contributed by atoms with Crippen LogP contribution in [0.5, 0.6) is 11.5 Å². The molecule has 4 heteroatoms. The number of nitrogens with zero attached hydrogens (tertiary/aromatic N) is 1. The van der Waals surface area contributed by atoms with E-state index in [0.29, 0.717) is 5.69 Å². The van der Waals surface area contributed by atoms with Gasteiger partial charge in [-0.15, -0.1) is 0 Å². The highest BCUT2D eigenvalue weighted by Crippen LogP contribution is 2.53. The number of ether oxygens (including phenoxy) is 1. The fraction of sp³-hybridized carbons (Fsp3) is 0.130. The maximum atomic E-state index is 17.7. The Hall–Kier alpha value is -8.21. The van der Waals surface area contributed by atoms with Crippen molar-refractivity contribution in [3.05, 3.63) is 238 Å². The lowest BCUT2D eigenvalue weighted by molar-refractivity contribution is 0.487. The van der Waals surface area contributed by atoms with E-state index in [9.17, 15) is 0 Å². The van der Waals surface area contributed by atoms with E-state index in [1.165, 1.54) is 71.3 Å². The van der Waals surface area contributed by atoms with E-state index in [1.807, 2.05) is 48.5 Å². The number of benzene rings is 11. The Labute approximate surface area is 429 Å². The molecule has 2 nitrogen and oxygen atoms in total. The van der Waals surface area contributed by atoms with Crippen LogP contribution in [0, 0.1) is 68.1 Å². The summed E-state index contributed by atoms with van der Waals surface area (Å²) in [4.78, 5) is 2.12. The van der Waals surface area contributed by atoms with Gasteiger partial charge in [0, 0.05) is 22.6 Å². The van der Waals surface area contributed by atoms with Gasteiger partial charge >= 0.3 is 0 Å². The average Bonchev–Trinajstić information content (AvgIpc) is 3.36. The van der Waals surface area contributed by atoms with Crippen molar-refractivity contribution >= 4 is 72.5 Å². The molecule has 0 aliphatic carbocycles. The highest BCUT2D eigenvalue weighted by atomic mass is 19.1. The van der Waals surface area contributed by atoms with E-state index in [-0.39, 0.29) is 12.5 Å². The van der Waals surface area contributed by atoms with Gasteiger partial charge < -0.3 is 9.64 Å². The van der Waals surface area contributed by atoms with E-state index in [0.717, 1.165) is 83.7 Å². The lowest BCUT2D eigenvalue weighted by Crippen LogP contribution is -2.56. The third-order valence-electron chi connectivity index (χ3n) is 15.4. The maximum Gasteiger partial charge on any atom is 0.243 e. The summed E-state index contributed by atoms with van der Waals surface area (Å²) in [7, 11) is 0. The predicted octanol–water partition coefficient (Wildman–Crippen LogP) is 17.2.